The molecule has 98 valence electrons. The highest BCUT2D eigenvalue weighted by atomic mass is 16.3. The van der Waals surface area contributed by atoms with Crippen LogP contribution in [0.3, 0.4) is 0 Å². The Bertz CT molecular complexity index is 256. The number of hydrogen-bond donors (Lipinski definition) is 1. The zero-order valence-corrected chi connectivity index (χ0v) is 10.6. The second kappa shape index (κ2) is 5.80. The van der Waals surface area contributed by atoms with Crippen molar-refractivity contribution in [1.29, 1.82) is 0 Å². The molecule has 2 aliphatic heterocycles. The fourth-order valence-corrected chi connectivity index (χ4v) is 2.42. The van der Waals surface area contributed by atoms with Crippen LogP contribution >= 0.6 is 0 Å². The minimum Gasteiger partial charge on any atom is -0.393 e. The molecular formula is C12H23N3O2. The first-order valence-electron chi connectivity index (χ1n) is 6.52. The third-order valence-electron chi connectivity index (χ3n) is 3.77. The highest BCUT2D eigenvalue weighted by Gasteiger charge is 2.23. The summed E-state index contributed by atoms with van der Waals surface area (Å²) in [7, 11) is 2.09. The van der Waals surface area contributed by atoms with Crippen molar-refractivity contribution >= 4 is 5.91 Å². The van der Waals surface area contributed by atoms with Gasteiger partial charge in [-0.3, -0.25) is 9.69 Å². The Hall–Kier alpha value is -0.650. The summed E-state index contributed by atoms with van der Waals surface area (Å²) >= 11 is 0. The lowest BCUT2D eigenvalue weighted by Gasteiger charge is -2.35. The highest BCUT2D eigenvalue weighted by Crippen LogP contribution is 2.10. The van der Waals surface area contributed by atoms with Gasteiger partial charge in [0, 0.05) is 39.3 Å². The highest BCUT2D eigenvalue weighted by molar-refractivity contribution is 5.78. The number of amides is 1. The summed E-state index contributed by atoms with van der Waals surface area (Å²) in [5.74, 6) is 0.245. The quantitative estimate of drug-likeness (QED) is 0.689. The van der Waals surface area contributed by atoms with Crippen LogP contribution in [0, 0.1) is 0 Å². The van der Waals surface area contributed by atoms with Gasteiger partial charge in [0.25, 0.3) is 0 Å². The van der Waals surface area contributed by atoms with Crippen LogP contribution in [-0.2, 0) is 4.79 Å². The summed E-state index contributed by atoms with van der Waals surface area (Å²) < 4.78 is 0. The van der Waals surface area contributed by atoms with Crippen molar-refractivity contribution in [2.24, 2.45) is 0 Å². The Morgan fingerprint density at radius 3 is 2.29 bits per heavy atom. The fourth-order valence-electron chi connectivity index (χ4n) is 2.42. The predicted molar refractivity (Wildman–Crippen MR) is 65.8 cm³/mol. The summed E-state index contributed by atoms with van der Waals surface area (Å²) in [4.78, 5) is 18.4. The standard InChI is InChI=1S/C12H23N3O2/c1-13-6-8-15(9-7-13)12(17)10-14-4-2-11(16)3-5-14/h11,16H,2-10H2,1H3. The molecule has 17 heavy (non-hydrogen) atoms. The smallest absolute Gasteiger partial charge is 0.236 e. The van der Waals surface area contributed by atoms with E-state index < -0.39 is 0 Å². The number of aliphatic hydroxyl groups is 1. The lowest BCUT2D eigenvalue weighted by atomic mass is 10.1. The zero-order chi connectivity index (χ0) is 12.3. The van der Waals surface area contributed by atoms with Gasteiger partial charge in [0.1, 0.15) is 0 Å². The Morgan fingerprint density at radius 2 is 1.71 bits per heavy atom. The topological polar surface area (TPSA) is 47.0 Å². The van der Waals surface area contributed by atoms with Crippen molar-refractivity contribution < 1.29 is 9.90 Å². The number of carbonyl (C=O) groups is 1. The maximum absolute atomic E-state index is 12.1. The van der Waals surface area contributed by atoms with Crippen LogP contribution in [0.4, 0.5) is 0 Å². The van der Waals surface area contributed by atoms with Crippen molar-refractivity contribution in [3.05, 3.63) is 0 Å². The minimum absolute atomic E-state index is 0.162. The third kappa shape index (κ3) is 3.66. The molecule has 0 saturated carbocycles. The molecule has 0 aromatic carbocycles. The number of aliphatic hydroxyl groups excluding tert-OH is 1. The van der Waals surface area contributed by atoms with E-state index in [4.69, 9.17) is 0 Å². The summed E-state index contributed by atoms with van der Waals surface area (Å²) in [6.07, 6.45) is 1.44. The number of nitrogens with zero attached hydrogens (tertiary/aromatic N) is 3. The van der Waals surface area contributed by atoms with Gasteiger partial charge in [-0.15, -0.1) is 0 Å². The second-order valence-corrected chi connectivity index (χ2v) is 5.19. The Kier molecular flexibility index (Phi) is 4.36. The summed E-state index contributed by atoms with van der Waals surface area (Å²) in [6.45, 7) is 5.88. The number of likely N-dealkylation sites (tertiary alicyclic amines) is 1. The molecule has 0 aromatic rings. The number of piperazine rings is 1. The Labute approximate surface area is 103 Å². The third-order valence-corrected chi connectivity index (χ3v) is 3.77. The van der Waals surface area contributed by atoms with Crippen molar-refractivity contribution in [3.8, 4) is 0 Å². The molecule has 2 heterocycles. The van der Waals surface area contributed by atoms with Gasteiger partial charge in [-0.2, -0.15) is 0 Å². The fraction of sp³-hybridized carbons (Fsp3) is 0.917. The molecular weight excluding hydrogens is 218 g/mol. The molecule has 5 heteroatoms. The van der Waals surface area contributed by atoms with Crippen LogP contribution in [0.15, 0.2) is 0 Å². The number of carbonyl (C=O) groups excluding carboxylic acids is 1. The summed E-state index contributed by atoms with van der Waals surface area (Å²) in [5, 5.41) is 9.41. The summed E-state index contributed by atoms with van der Waals surface area (Å²) in [6, 6.07) is 0. The maximum atomic E-state index is 12.1. The first kappa shape index (κ1) is 12.8. The van der Waals surface area contributed by atoms with E-state index in [-0.39, 0.29) is 12.0 Å². The number of likely N-dealkylation sites (N-methyl/N-ethyl adjacent to an activating group) is 1. The first-order valence-corrected chi connectivity index (χ1v) is 6.52. The SMILES string of the molecule is CN1CCN(C(=O)CN2CCC(O)CC2)CC1. The summed E-state index contributed by atoms with van der Waals surface area (Å²) in [5.41, 5.74) is 0. The van der Waals surface area contributed by atoms with E-state index in [1.165, 1.54) is 0 Å². The molecule has 0 bridgehead atoms. The molecule has 0 atom stereocenters. The number of rotatable bonds is 2. The van der Waals surface area contributed by atoms with Gasteiger partial charge in [-0.25, -0.2) is 0 Å². The molecule has 0 aromatic heterocycles. The lowest BCUT2D eigenvalue weighted by molar-refractivity contribution is -0.134. The van der Waals surface area contributed by atoms with Gasteiger partial charge < -0.3 is 14.9 Å². The van der Waals surface area contributed by atoms with Gasteiger partial charge in [0.15, 0.2) is 0 Å². The van der Waals surface area contributed by atoms with Crippen LogP contribution in [0.1, 0.15) is 12.8 Å². The van der Waals surface area contributed by atoms with Crippen molar-refractivity contribution in [2.45, 2.75) is 18.9 Å². The van der Waals surface area contributed by atoms with Crippen LogP contribution in [-0.4, -0.2) is 84.7 Å². The van der Waals surface area contributed by atoms with E-state index in [0.29, 0.717) is 6.54 Å². The number of piperidine rings is 1. The Morgan fingerprint density at radius 1 is 1.12 bits per heavy atom. The van der Waals surface area contributed by atoms with Crippen LogP contribution in [0.5, 0.6) is 0 Å². The molecule has 2 fully saturated rings. The molecule has 5 nitrogen and oxygen atoms in total. The average Bonchev–Trinajstić information content (AvgIpc) is 2.33. The average molecular weight is 241 g/mol. The van der Waals surface area contributed by atoms with Gasteiger partial charge in [-0.05, 0) is 19.9 Å². The van der Waals surface area contributed by atoms with Gasteiger partial charge in [-0.1, -0.05) is 0 Å². The van der Waals surface area contributed by atoms with Crippen LogP contribution in [0.25, 0.3) is 0 Å². The molecule has 2 rings (SSSR count). The largest absolute Gasteiger partial charge is 0.393 e. The molecule has 1 amide bonds. The first-order chi connectivity index (χ1) is 8.15. The monoisotopic (exact) mass is 241 g/mol. The van der Waals surface area contributed by atoms with Gasteiger partial charge >= 0.3 is 0 Å². The molecule has 0 aliphatic carbocycles. The Balaban J connectivity index is 1.73. The van der Waals surface area contributed by atoms with Crippen molar-refractivity contribution in [2.75, 3.05) is 52.9 Å². The zero-order valence-electron chi connectivity index (χ0n) is 10.6. The normalized spacial score (nSPS) is 25.2. The molecule has 0 unspecified atom stereocenters. The molecule has 0 spiro atoms. The molecule has 2 aliphatic rings. The van der Waals surface area contributed by atoms with Gasteiger partial charge in [0.05, 0.1) is 12.6 Å². The lowest BCUT2D eigenvalue weighted by Crippen LogP contribution is -2.51. The van der Waals surface area contributed by atoms with E-state index in [1.807, 2.05) is 4.90 Å². The van der Waals surface area contributed by atoms with Crippen molar-refractivity contribution in [1.82, 2.24) is 14.7 Å². The van der Waals surface area contributed by atoms with Gasteiger partial charge in [0.2, 0.25) is 5.91 Å². The maximum Gasteiger partial charge on any atom is 0.236 e. The molecule has 0 radical (unpaired) electrons. The van der Waals surface area contributed by atoms with E-state index in [9.17, 15) is 9.90 Å². The molecule has 2 saturated heterocycles. The van der Waals surface area contributed by atoms with E-state index in [1.54, 1.807) is 0 Å². The predicted octanol–water partition coefficient (Wildman–Crippen LogP) is -0.783. The van der Waals surface area contributed by atoms with E-state index in [0.717, 1.165) is 52.1 Å². The van der Waals surface area contributed by atoms with E-state index in [2.05, 4.69) is 16.8 Å². The number of hydrogen-bond acceptors (Lipinski definition) is 4. The van der Waals surface area contributed by atoms with Crippen LogP contribution in [0.2, 0.25) is 0 Å². The second-order valence-electron chi connectivity index (χ2n) is 5.19. The molecule has 1 N–H and O–H groups in total. The van der Waals surface area contributed by atoms with E-state index >= 15 is 0 Å². The minimum atomic E-state index is -0.162. The van der Waals surface area contributed by atoms with Crippen molar-refractivity contribution in [3.63, 3.8) is 0 Å². The van der Waals surface area contributed by atoms with Crippen LogP contribution < -0.4 is 0 Å².